The highest BCUT2D eigenvalue weighted by Gasteiger charge is 2.13. The molecule has 0 saturated carbocycles. The summed E-state index contributed by atoms with van der Waals surface area (Å²) >= 11 is 0. The second-order valence-corrected chi connectivity index (χ2v) is 4.84. The second kappa shape index (κ2) is 7.10. The predicted molar refractivity (Wildman–Crippen MR) is 80.7 cm³/mol. The van der Waals surface area contributed by atoms with E-state index < -0.39 is 0 Å². The average Bonchev–Trinajstić information content (AvgIpc) is 2.88. The van der Waals surface area contributed by atoms with Crippen LogP contribution < -0.4 is 10.1 Å². The maximum absolute atomic E-state index is 5.99. The maximum atomic E-state index is 5.99. The fraction of sp³-hybridized carbons (Fsp3) is 0.438. The van der Waals surface area contributed by atoms with Crippen LogP contribution in [-0.4, -0.2) is 16.1 Å². The van der Waals surface area contributed by atoms with Crippen molar-refractivity contribution in [3.05, 3.63) is 48.0 Å². The minimum atomic E-state index is 0.336. The van der Waals surface area contributed by atoms with Crippen molar-refractivity contribution < 1.29 is 4.74 Å². The molecule has 1 unspecified atom stereocenters. The maximum Gasteiger partial charge on any atom is 0.130 e. The zero-order valence-corrected chi connectivity index (χ0v) is 12.5. The van der Waals surface area contributed by atoms with E-state index in [2.05, 4.69) is 36.3 Å². The summed E-state index contributed by atoms with van der Waals surface area (Å²) in [7, 11) is 1.98. The van der Waals surface area contributed by atoms with Crippen LogP contribution in [0.25, 0.3) is 0 Å². The molecule has 20 heavy (non-hydrogen) atoms. The number of nitrogens with zero attached hydrogens (tertiary/aromatic N) is 2. The lowest BCUT2D eigenvalue weighted by Gasteiger charge is -2.20. The molecule has 4 heteroatoms. The van der Waals surface area contributed by atoms with Crippen molar-refractivity contribution in [2.24, 2.45) is 7.05 Å². The van der Waals surface area contributed by atoms with Crippen molar-refractivity contribution in [3.63, 3.8) is 0 Å². The van der Waals surface area contributed by atoms with Crippen LogP contribution in [-0.2, 0) is 13.7 Å². The lowest BCUT2D eigenvalue weighted by atomic mass is 10.0. The smallest absolute Gasteiger partial charge is 0.130 e. The fourth-order valence-electron chi connectivity index (χ4n) is 2.30. The Hall–Kier alpha value is -1.81. The van der Waals surface area contributed by atoms with Gasteiger partial charge in [-0.2, -0.15) is 0 Å². The van der Waals surface area contributed by atoms with Crippen LogP contribution in [0.15, 0.2) is 36.8 Å². The average molecular weight is 273 g/mol. The van der Waals surface area contributed by atoms with Gasteiger partial charge >= 0.3 is 0 Å². The zero-order valence-electron chi connectivity index (χ0n) is 12.5. The molecule has 0 aliphatic rings. The molecule has 0 saturated heterocycles. The van der Waals surface area contributed by atoms with Crippen LogP contribution >= 0.6 is 0 Å². The molecule has 0 radical (unpaired) electrons. The van der Waals surface area contributed by atoms with Crippen molar-refractivity contribution in [2.75, 3.05) is 6.54 Å². The number of imidazole rings is 1. The number of benzene rings is 1. The van der Waals surface area contributed by atoms with Gasteiger partial charge in [0.05, 0.1) is 18.2 Å². The van der Waals surface area contributed by atoms with Gasteiger partial charge in [-0.15, -0.1) is 0 Å². The number of rotatable bonds is 7. The minimum Gasteiger partial charge on any atom is -0.487 e. The molecule has 0 fully saturated rings. The number of ether oxygens (including phenoxy) is 1. The summed E-state index contributed by atoms with van der Waals surface area (Å²) in [5.74, 6) is 0.946. The third-order valence-corrected chi connectivity index (χ3v) is 3.45. The summed E-state index contributed by atoms with van der Waals surface area (Å²) in [6.45, 7) is 5.80. The van der Waals surface area contributed by atoms with Gasteiger partial charge in [-0.25, -0.2) is 4.98 Å². The van der Waals surface area contributed by atoms with Crippen LogP contribution in [0.5, 0.6) is 5.75 Å². The highest BCUT2D eigenvalue weighted by molar-refractivity contribution is 5.36. The van der Waals surface area contributed by atoms with Crippen LogP contribution in [0.1, 0.15) is 37.6 Å². The van der Waals surface area contributed by atoms with Gasteiger partial charge in [0.25, 0.3) is 0 Å². The van der Waals surface area contributed by atoms with Gasteiger partial charge in [-0.3, -0.25) is 0 Å². The number of aromatic nitrogens is 2. The van der Waals surface area contributed by atoms with Gasteiger partial charge in [-0.1, -0.05) is 32.0 Å². The Bertz CT molecular complexity index is 536. The predicted octanol–water partition coefficient (Wildman–Crippen LogP) is 3.06. The topological polar surface area (TPSA) is 39.1 Å². The van der Waals surface area contributed by atoms with Crippen LogP contribution in [0.4, 0.5) is 0 Å². The summed E-state index contributed by atoms with van der Waals surface area (Å²) in [6.07, 6.45) is 4.67. The van der Waals surface area contributed by atoms with Crippen LogP contribution in [0.3, 0.4) is 0 Å². The molecule has 1 heterocycles. The number of hydrogen-bond donors (Lipinski definition) is 1. The SMILES string of the molecule is CCNC(CC)c1ccccc1OCc1cncn1C. The van der Waals surface area contributed by atoms with Crippen molar-refractivity contribution in [1.82, 2.24) is 14.9 Å². The van der Waals surface area contributed by atoms with Crippen molar-refractivity contribution in [1.29, 1.82) is 0 Å². The second-order valence-electron chi connectivity index (χ2n) is 4.84. The van der Waals surface area contributed by atoms with E-state index in [1.807, 2.05) is 29.9 Å². The summed E-state index contributed by atoms with van der Waals surface area (Å²) in [4.78, 5) is 4.11. The third kappa shape index (κ3) is 3.39. The summed E-state index contributed by atoms with van der Waals surface area (Å²) in [5.41, 5.74) is 2.29. The Labute approximate surface area is 120 Å². The Morgan fingerprint density at radius 3 is 2.75 bits per heavy atom. The monoisotopic (exact) mass is 273 g/mol. The van der Waals surface area contributed by atoms with Crippen molar-refractivity contribution in [2.45, 2.75) is 32.9 Å². The summed E-state index contributed by atoms with van der Waals surface area (Å²) in [6, 6.07) is 8.58. The number of hydrogen-bond acceptors (Lipinski definition) is 3. The first-order valence-corrected chi connectivity index (χ1v) is 7.16. The molecule has 1 atom stereocenters. The molecular weight excluding hydrogens is 250 g/mol. The van der Waals surface area contributed by atoms with E-state index in [0.29, 0.717) is 12.6 Å². The third-order valence-electron chi connectivity index (χ3n) is 3.45. The quantitative estimate of drug-likeness (QED) is 0.842. The first-order valence-electron chi connectivity index (χ1n) is 7.16. The molecule has 0 aliphatic carbocycles. The molecule has 2 rings (SSSR count). The van der Waals surface area contributed by atoms with Gasteiger partial charge in [-0.05, 0) is 19.0 Å². The molecule has 1 N–H and O–H groups in total. The molecule has 0 spiro atoms. The van der Waals surface area contributed by atoms with E-state index in [4.69, 9.17) is 4.74 Å². The van der Waals surface area contributed by atoms with Gasteiger partial charge in [0.2, 0.25) is 0 Å². The molecule has 0 bridgehead atoms. The molecule has 108 valence electrons. The Morgan fingerprint density at radius 2 is 2.10 bits per heavy atom. The largest absolute Gasteiger partial charge is 0.487 e. The Morgan fingerprint density at radius 1 is 1.30 bits per heavy atom. The lowest BCUT2D eigenvalue weighted by Crippen LogP contribution is -2.20. The Kier molecular flexibility index (Phi) is 5.18. The molecular formula is C16H23N3O. The van der Waals surface area contributed by atoms with E-state index in [0.717, 1.165) is 24.4 Å². The first-order chi connectivity index (χ1) is 9.76. The van der Waals surface area contributed by atoms with Crippen LogP contribution in [0.2, 0.25) is 0 Å². The zero-order chi connectivity index (χ0) is 14.4. The summed E-state index contributed by atoms with van der Waals surface area (Å²) in [5, 5.41) is 3.50. The standard InChI is InChI=1S/C16H23N3O/c1-4-15(18-5-2)14-8-6-7-9-16(14)20-11-13-10-17-12-19(13)3/h6-10,12,15,18H,4-5,11H2,1-3H3. The first kappa shape index (κ1) is 14.6. The molecule has 1 aromatic heterocycles. The molecule has 2 aromatic rings. The highest BCUT2D eigenvalue weighted by atomic mass is 16.5. The van der Waals surface area contributed by atoms with Crippen molar-refractivity contribution in [3.8, 4) is 5.75 Å². The number of aryl methyl sites for hydroxylation is 1. The number of para-hydroxylation sites is 1. The Balaban J connectivity index is 2.13. The van der Waals surface area contributed by atoms with Crippen LogP contribution in [0, 0.1) is 0 Å². The summed E-state index contributed by atoms with van der Waals surface area (Å²) < 4.78 is 7.97. The van der Waals surface area contributed by atoms with E-state index in [1.165, 1.54) is 5.56 Å². The molecule has 1 aromatic carbocycles. The normalized spacial score (nSPS) is 12.3. The minimum absolute atomic E-state index is 0.336. The van der Waals surface area contributed by atoms with Gasteiger partial charge in [0.1, 0.15) is 12.4 Å². The fourth-order valence-corrected chi connectivity index (χ4v) is 2.30. The van der Waals surface area contributed by atoms with Gasteiger partial charge < -0.3 is 14.6 Å². The van der Waals surface area contributed by atoms with E-state index in [9.17, 15) is 0 Å². The highest BCUT2D eigenvalue weighted by Crippen LogP contribution is 2.27. The molecule has 0 aliphatic heterocycles. The molecule has 0 amide bonds. The van der Waals surface area contributed by atoms with Gasteiger partial charge in [0, 0.05) is 18.7 Å². The lowest BCUT2D eigenvalue weighted by molar-refractivity contribution is 0.290. The molecule has 4 nitrogen and oxygen atoms in total. The van der Waals surface area contributed by atoms with E-state index >= 15 is 0 Å². The number of nitrogens with one attached hydrogen (secondary N) is 1. The van der Waals surface area contributed by atoms with Crippen molar-refractivity contribution >= 4 is 0 Å². The van der Waals surface area contributed by atoms with Gasteiger partial charge in [0.15, 0.2) is 0 Å². The van der Waals surface area contributed by atoms with E-state index in [1.54, 1.807) is 6.33 Å². The van der Waals surface area contributed by atoms with E-state index in [-0.39, 0.29) is 0 Å².